The lowest BCUT2D eigenvalue weighted by molar-refractivity contribution is 1.10. The van der Waals surface area contributed by atoms with E-state index in [1.165, 1.54) is 14.8 Å². The Morgan fingerprint density at radius 1 is 1.47 bits per heavy atom. The smallest absolute Gasteiger partial charge is 0.112 e. The topological polar surface area (TPSA) is 24.9 Å². The highest BCUT2D eigenvalue weighted by molar-refractivity contribution is 14.1. The maximum absolute atomic E-state index is 4.23. The van der Waals surface area contributed by atoms with E-state index in [1.54, 1.807) is 11.3 Å². The summed E-state index contributed by atoms with van der Waals surface area (Å²) in [6.45, 7) is 2.92. The zero-order valence-electron chi connectivity index (χ0n) is 8.33. The molecule has 0 fully saturated rings. The van der Waals surface area contributed by atoms with Crippen molar-refractivity contribution in [1.29, 1.82) is 0 Å². The van der Waals surface area contributed by atoms with Gasteiger partial charge in [-0.05, 0) is 53.3 Å². The summed E-state index contributed by atoms with van der Waals surface area (Å²) in [5.74, 6) is 0. The van der Waals surface area contributed by atoms with E-state index in [4.69, 9.17) is 0 Å². The van der Waals surface area contributed by atoms with Crippen LogP contribution in [0, 0.1) is 10.5 Å². The Morgan fingerprint density at radius 2 is 2.33 bits per heavy atom. The Balaban J connectivity index is 2.05. The van der Waals surface area contributed by atoms with Crippen LogP contribution in [0.4, 0.5) is 5.69 Å². The van der Waals surface area contributed by atoms with E-state index in [1.807, 2.05) is 11.6 Å². The number of aromatic nitrogens is 1. The Morgan fingerprint density at radius 3 is 3.00 bits per heavy atom. The fraction of sp³-hybridized carbons (Fsp3) is 0.182. The first-order chi connectivity index (χ1) is 7.25. The Bertz CT molecular complexity index is 440. The molecular weight excluding hydrogens is 319 g/mol. The van der Waals surface area contributed by atoms with Crippen LogP contribution in [-0.4, -0.2) is 4.98 Å². The third kappa shape index (κ3) is 2.92. The molecule has 0 bridgehead atoms. The molecule has 0 aliphatic heterocycles. The number of nitrogens with one attached hydrogen (secondary N) is 1. The number of anilines is 1. The van der Waals surface area contributed by atoms with Crippen molar-refractivity contribution in [2.45, 2.75) is 13.5 Å². The van der Waals surface area contributed by atoms with Gasteiger partial charge >= 0.3 is 0 Å². The number of rotatable bonds is 3. The van der Waals surface area contributed by atoms with Crippen molar-refractivity contribution in [3.63, 3.8) is 0 Å². The molecule has 2 aromatic rings. The quantitative estimate of drug-likeness (QED) is 0.869. The lowest BCUT2D eigenvalue weighted by Crippen LogP contribution is -2.00. The SMILES string of the molecule is Cc1cc(I)ccc1NCc1nccs1. The van der Waals surface area contributed by atoms with Gasteiger partial charge in [-0.2, -0.15) is 0 Å². The molecule has 0 amide bonds. The van der Waals surface area contributed by atoms with Gasteiger partial charge in [-0.3, -0.25) is 0 Å². The van der Waals surface area contributed by atoms with Crippen LogP contribution in [0.2, 0.25) is 0 Å². The third-order valence-electron chi connectivity index (χ3n) is 2.10. The molecule has 78 valence electrons. The number of thiazole rings is 1. The van der Waals surface area contributed by atoms with Crippen LogP contribution in [0.1, 0.15) is 10.6 Å². The molecule has 1 aromatic carbocycles. The van der Waals surface area contributed by atoms with E-state index >= 15 is 0 Å². The monoisotopic (exact) mass is 330 g/mol. The van der Waals surface area contributed by atoms with Crippen molar-refractivity contribution in [2.75, 3.05) is 5.32 Å². The predicted octanol–water partition coefficient (Wildman–Crippen LogP) is 3.67. The molecule has 0 atom stereocenters. The third-order valence-corrected chi connectivity index (χ3v) is 3.55. The highest BCUT2D eigenvalue weighted by Gasteiger charge is 1.99. The van der Waals surface area contributed by atoms with Crippen molar-refractivity contribution < 1.29 is 0 Å². The van der Waals surface area contributed by atoms with Gasteiger partial charge in [0.05, 0.1) is 6.54 Å². The van der Waals surface area contributed by atoms with Crippen molar-refractivity contribution in [3.05, 3.63) is 43.9 Å². The van der Waals surface area contributed by atoms with Crippen LogP contribution in [0.25, 0.3) is 0 Å². The fourth-order valence-electron chi connectivity index (χ4n) is 1.34. The minimum absolute atomic E-state index is 0.805. The van der Waals surface area contributed by atoms with Gasteiger partial charge in [0, 0.05) is 20.8 Å². The number of halogens is 1. The second-order valence-electron chi connectivity index (χ2n) is 3.24. The highest BCUT2D eigenvalue weighted by Crippen LogP contribution is 2.18. The molecule has 1 aromatic heterocycles. The fourth-order valence-corrected chi connectivity index (χ4v) is 2.54. The summed E-state index contributed by atoms with van der Waals surface area (Å²) in [5, 5.41) is 6.50. The van der Waals surface area contributed by atoms with Gasteiger partial charge < -0.3 is 5.32 Å². The molecule has 4 heteroatoms. The Kier molecular flexibility index (Phi) is 3.58. The molecule has 2 nitrogen and oxygen atoms in total. The van der Waals surface area contributed by atoms with Crippen LogP contribution >= 0.6 is 33.9 Å². The summed E-state index contributed by atoms with van der Waals surface area (Å²) in [4.78, 5) is 4.23. The van der Waals surface area contributed by atoms with E-state index in [0.29, 0.717) is 0 Å². The first kappa shape index (κ1) is 10.9. The molecule has 0 unspecified atom stereocenters. The molecule has 0 saturated heterocycles. The molecule has 0 spiro atoms. The van der Waals surface area contributed by atoms with Gasteiger partial charge in [-0.15, -0.1) is 11.3 Å². The number of hydrogen-bond donors (Lipinski definition) is 1. The van der Waals surface area contributed by atoms with Crippen LogP contribution in [-0.2, 0) is 6.54 Å². The summed E-state index contributed by atoms with van der Waals surface area (Å²) in [6, 6.07) is 6.40. The van der Waals surface area contributed by atoms with Gasteiger partial charge in [-0.1, -0.05) is 0 Å². The number of hydrogen-bond acceptors (Lipinski definition) is 3. The van der Waals surface area contributed by atoms with Crippen LogP contribution in [0.15, 0.2) is 29.8 Å². The van der Waals surface area contributed by atoms with E-state index in [-0.39, 0.29) is 0 Å². The van der Waals surface area contributed by atoms with Gasteiger partial charge in [0.25, 0.3) is 0 Å². The van der Waals surface area contributed by atoms with E-state index in [0.717, 1.165) is 11.6 Å². The summed E-state index contributed by atoms with van der Waals surface area (Å²) in [5.41, 5.74) is 2.46. The molecule has 1 N–H and O–H groups in total. The maximum Gasteiger partial charge on any atom is 0.112 e. The van der Waals surface area contributed by atoms with Crippen molar-refractivity contribution in [2.24, 2.45) is 0 Å². The summed E-state index contributed by atoms with van der Waals surface area (Å²) < 4.78 is 1.27. The molecule has 0 aliphatic carbocycles. The molecule has 0 saturated carbocycles. The minimum atomic E-state index is 0.805. The van der Waals surface area contributed by atoms with Crippen molar-refractivity contribution >= 4 is 39.6 Å². The maximum atomic E-state index is 4.23. The molecule has 0 radical (unpaired) electrons. The van der Waals surface area contributed by atoms with Crippen LogP contribution < -0.4 is 5.32 Å². The normalized spacial score (nSPS) is 10.3. The predicted molar refractivity (Wildman–Crippen MR) is 73.3 cm³/mol. The summed E-state index contributed by atoms with van der Waals surface area (Å²) in [7, 11) is 0. The average molecular weight is 330 g/mol. The molecular formula is C11H11IN2S. The minimum Gasteiger partial charge on any atom is -0.378 e. The van der Waals surface area contributed by atoms with Crippen molar-refractivity contribution in [3.8, 4) is 0 Å². The standard InChI is InChI=1S/C11H11IN2S/c1-8-6-9(12)2-3-10(8)14-7-11-13-4-5-15-11/h2-6,14H,7H2,1H3. The number of nitrogens with zero attached hydrogens (tertiary/aromatic N) is 1. The van der Waals surface area contributed by atoms with Gasteiger partial charge in [-0.25, -0.2) is 4.98 Å². The van der Waals surface area contributed by atoms with E-state index in [2.05, 4.69) is 58.0 Å². The molecule has 1 heterocycles. The van der Waals surface area contributed by atoms with Crippen molar-refractivity contribution in [1.82, 2.24) is 4.98 Å². The Labute approximate surface area is 107 Å². The number of aryl methyl sites for hydroxylation is 1. The highest BCUT2D eigenvalue weighted by atomic mass is 127. The molecule has 2 rings (SSSR count). The van der Waals surface area contributed by atoms with Crippen LogP contribution in [0.3, 0.4) is 0 Å². The molecule has 0 aliphatic rings. The van der Waals surface area contributed by atoms with Gasteiger partial charge in [0.2, 0.25) is 0 Å². The first-order valence-electron chi connectivity index (χ1n) is 4.64. The van der Waals surface area contributed by atoms with E-state index < -0.39 is 0 Å². The molecule has 15 heavy (non-hydrogen) atoms. The largest absolute Gasteiger partial charge is 0.378 e. The van der Waals surface area contributed by atoms with Gasteiger partial charge in [0.1, 0.15) is 5.01 Å². The van der Waals surface area contributed by atoms with E-state index in [9.17, 15) is 0 Å². The van der Waals surface area contributed by atoms with Crippen LogP contribution in [0.5, 0.6) is 0 Å². The van der Waals surface area contributed by atoms with Gasteiger partial charge in [0.15, 0.2) is 0 Å². The zero-order valence-corrected chi connectivity index (χ0v) is 11.3. The second-order valence-corrected chi connectivity index (χ2v) is 5.46. The Hall–Kier alpha value is -0.620. The first-order valence-corrected chi connectivity index (χ1v) is 6.60. The lowest BCUT2D eigenvalue weighted by Gasteiger charge is -2.08. The lowest BCUT2D eigenvalue weighted by atomic mass is 10.2. The zero-order chi connectivity index (χ0) is 10.7. The summed E-state index contributed by atoms with van der Waals surface area (Å²) in [6.07, 6.45) is 1.84. The second kappa shape index (κ2) is 4.94. The summed E-state index contributed by atoms with van der Waals surface area (Å²) >= 11 is 4.00. The number of benzene rings is 1. The average Bonchev–Trinajstić information content (AvgIpc) is 2.69.